The number of thiocarbonyl (C=S) groups is 1. The molecule has 7 heteroatoms. The molecule has 0 aromatic heterocycles. The van der Waals surface area contributed by atoms with Gasteiger partial charge in [-0.3, -0.25) is 9.69 Å². The van der Waals surface area contributed by atoms with Gasteiger partial charge in [0.1, 0.15) is 5.75 Å². The van der Waals surface area contributed by atoms with Crippen LogP contribution in [0.2, 0.25) is 10.0 Å². The zero-order valence-electron chi connectivity index (χ0n) is 13.2. The highest BCUT2D eigenvalue weighted by Crippen LogP contribution is 2.38. The minimum atomic E-state index is -0.199. The van der Waals surface area contributed by atoms with E-state index in [2.05, 4.69) is 0 Å². The lowest BCUT2D eigenvalue weighted by Gasteiger charge is -2.15. The number of benzene rings is 2. The zero-order chi connectivity index (χ0) is 18.0. The number of thioether (sulfide) groups is 1. The number of hydrogen-bond donors (Lipinski definition) is 0. The molecular weight excluding hydrogens is 397 g/mol. The molecule has 1 saturated heterocycles. The van der Waals surface area contributed by atoms with Gasteiger partial charge in [-0.05, 0) is 49.4 Å². The minimum absolute atomic E-state index is 0.199. The number of nitrogens with zero attached hydrogens (tertiary/aromatic N) is 1. The van der Waals surface area contributed by atoms with Crippen molar-refractivity contribution in [1.29, 1.82) is 0 Å². The second-order valence-corrected chi connectivity index (χ2v) is 7.57. The molecule has 2 aromatic rings. The molecule has 0 radical (unpaired) electrons. The first-order valence-electron chi connectivity index (χ1n) is 7.46. The molecule has 1 heterocycles. The molecule has 0 spiro atoms. The fourth-order valence-corrected chi connectivity index (χ4v) is 4.12. The van der Waals surface area contributed by atoms with Crippen molar-refractivity contribution in [1.82, 2.24) is 0 Å². The number of carbonyl (C=O) groups is 1. The summed E-state index contributed by atoms with van der Waals surface area (Å²) in [7, 11) is 0. The number of carbonyl (C=O) groups excluding carboxylic acids is 1. The lowest BCUT2D eigenvalue weighted by molar-refractivity contribution is -0.113. The summed E-state index contributed by atoms with van der Waals surface area (Å²) in [6.45, 7) is 2.50. The van der Waals surface area contributed by atoms with E-state index in [1.165, 1.54) is 16.7 Å². The number of halogens is 2. The van der Waals surface area contributed by atoms with E-state index in [9.17, 15) is 4.79 Å². The van der Waals surface area contributed by atoms with Gasteiger partial charge >= 0.3 is 0 Å². The molecule has 0 saturated carbocycles. The Morgan fingerprint density at radius 3 is 2.40 bits per heavy atom. The SMILES string of the molecule is CCOc1ccc(N2C(=O)/C(=C\c3c(Cl)cccc3Cl)SC2=S)cc1. The molecular formula is C18H13Cl2NO2S2. The first-order valence-corrected chi connectivity index (χ1v) is 9.44. The Hall–Kier alpha value is -1.53. The number of hydrogen-bond acceptors (Lipinski definition) is 4. The van der Waals surface area contributed by atoms with Gasteiger partial charge in [0.05, 0.1) is 17.2 Å². The molecule has 1 fully saturated rings. The van der Waals surface area contributed by atoms with Crippen LogP contribution in [0.5, 0.6) is 5.75 Å². The summed E-state index contributed by atoms with van der Waals surface area (Å²) in [5, 5.41) is 0.970. The Labute approximate surface area is 165 Å². The van der Waals surface area contributed by atoms with E-state index < -0.39 is 0 Å². The second kappa shape index (κ2) is 7.79. The molecule has 1 aliphatic rings. The normalized spacial score (nSPS) is 16.0. The number of amides is 1. The maximum Gasteiger partial charge on any atom is 0.270 e. The average Bonchev–Trinajstić information content (AvgIpc) is 2.86. The van der Waals surface area contributed by atoms with Gasteiger partial charge in [-0.15, -0.1) is 0 Å². The highest BCUT2D eigenvalue weighted by atomic mass is 35.5. The number of ether oxygens (including phenoxy) is 1. The van der Waals surface area contributed by atoms with Gasteiger partial charge in [-0.25, -0.2) is 0 Å². The quantitative estimate of drug-likeness (QED) is 0.471. The van der Waals surface area contributed by atoms with E-state index >= 15 is 0 Å². The molecule has 2 aromatic carbocycles. The first kappa shape index (κ1) is 18.3. The molecule has 1 amide bonds. The maximum absolute atomic E-state index is 12.8. The highest BCUT2D eigenvalue weighted by molar-refractivity contribution is 8.27. The van der Waals surface area contributed by atoms with Crippen molar-refractivity contribution < 1.29 is 9.53 Å². The summed E-state index contributed by atoms with van der Waals surface area (Å²) in [5.74, 6) is 0.547. The van der Waals surface area contributed by atoms with Crippen LogP contribution in [0.1, 0.15) is 12.5 Å². The Balaban J connectivity index is 1.91. The smallest absolute Gasteiger partial charge is 0.270 e. The van der Waals surface area contributed by atoms with Crippen molar-refractivity contribution in [3.05, 3.63) is 63.0 Å². The Bertz CT molecular complexity index is 846. The standard InChI is InChI=1S/C18H13Cl2NO2S2/c1-2-23-12-8-6-11(7-9-12)21-17(22)16(25-18(21)24)10-13-14(19)4-3-5-15(13)20/h3-10H,2H2,1H3/b16-10+. The molecule has 128 valence electrons. The molecule has 25 heavy (non-hydrogen) atoms. The lowest BCUT2D eigenvalue weighted by Crippen LogP contribution is -2.27. The first-order chi connectivity index (χ1) is 12.0. The van der Waals surface area contributed by atoms with Crippen molar-refractivity contribution in [2.24, 2.45) is 0 Å². The van der Waals surface area contributed by atoms with Crippen LogP contribution in [0, 0.1) is 0 Å². The van der Waals surface area contributed by atoms with E-state index in [1.807, 2.05) is 19.1 Å². The monoisotopic (exact) mass is 409 g/mol. The van der Waals surface area contributed by atoms with Crippen molar-refractivity contribution in [2.45, 2.75) is 6.92 Å². The van der Waals surface area contributed by atoms with E-state index in [-0.39, 0.29) is 5.91 Å². The Morgan fingerprint density at radius 2 is 1.80 bits per heavy atom. The summed E-state index contributed by atoms with van der Waals surface area (Å²) in [6, 6.07) is 12.5. The summed E-state index contributed by atoms with van der Waals surface area (Å²) >= 11 is 19.0. The van der Waals surface area contributed by atoms with Crippen LogP contribution in [0.25, 0.3) is 6.08 Å². The van der Waals surface area contributed by atoms with Crippen molar-refractivity contribution in [2.75, 3.05) is 11.5 Å². The molecule has 0 atom stereocenters. The molecule has 1 aliphatic heterocycles. The van der Waals surface area contributed by atoms with E-state index in [0.717, 1.165) is 5.75 Å². The highest BCUT2D eigenvalue weighted by Gasteiger charge is 2.33. The average molecular weight is 410 g/mol. The van der Waals surface area contributed by atoms with Gasteiger partial charge in [-0.2, -0.15) is 0 Å². The molecule has 0 N–H and O–H groups in total. The third kappa shape index (κ3) is 3.85. The van der Waals surface area contributed by atoms with E-state index in [1.54, 1.807) is 36.4 Å². The van der Waals surface area contributed by atoms with Gasteiger partial charge in [0.25, 0.3) is 5.91 Å². The van der Waals surface area contributed by atoms with Crippen molar-refractivity contribution in [3.63, 3.8) is 0 Å². The summed E-state index contributed by atoms with van der Waals surface area (Å²) in [5.41, 5.74) is 1.30. The molecule has 3 rings (SSSR count). The molecule has 0 aliphatic carbocycles. The van der Waals surface area contributed by atoms with Gasteiger partial charge < -0.3 is 4.74 Å². The van der Waals surface area contributed by atoms with Crippen LogP contribution < -0.4 is 9.64 Å². The van der Waals surface area contributed by atoms with Gasteiger partial charge in [-0.1, -0.05) is 53.2 Å². The van der Waals surface area contributed by atoms with Crippen molar-refractivity contribution in [3.8, 4) is 5.75 Å². The molecule has 0 bridgehead atoms. The fraction of sp³-hybridized carbons (Fsp3) is 0.111. The van der Waals surface area contributed by atoms with E-state index in [4.69, 9.17) is 40.2 Å². The minimum Gasteiger partial charge on any atom is -0.494 e. The number of anilines is 1. The molecule has 0 unspecified atom stereocenters. The van der Waals surface area contributed by atoms with Crippen LogP contribution in [-0.4, -0.2) is 16.8 Å². The lowest BCUT2D eigenvalue weighted by atomic mass is 10.2. The third-order valence-electron chi connectivity index (χ3n) is 3.47. The third-order valence-corrected chi connectivity index (χ3v) is 5.44. The van der Waals surface area contributed by atoms with Crippen LogP contribution in [0.15, 0.2) is 47.4 Å². The predicted molar refractivity (Wildman–Crippen MR) is 110 cm³/mol. The van der Waals surface area contributed by atoms with E-state index in [0.29, 0.717) is 37.1 Å². The summed E-state index contributed by atoms with van der Waals surface area (Å²) in [6.07, 6.45) is 1.68. The topological polar surface area (TPSA) is 29.5 Å². The second-order valence-electron chi connectivity index (χ2n) is 5.08. The summed E-state index contributed by atoms with van der Waals surface area (Å²) < 4.78 is 5.88. The summed E-state index contributed by atoms with van der Waals surface area (Å²) in [4.78, 5) is 14.8. The maximum atomic E-state index is 12.8. The van der Waals surface area contributed by atoms with Crippen LogP contribution in [0.4, 0.5) is 5.69 Å². The van der Waals surface area contributed by atoms with Crippen molar-refractivity contribution >= 4 is 69.2 Å². The predicted octanol–water partition coefficient (Wildman–Crippen LogP) is 5.80. The van der Waals surface area contributed by atoms with Crippen LogP contribution >= 0.6 is 47.2 Å². The zero-order valence-corrected chi connectivity index (χ0v) is 16.3. The Kier molecular flexibility index (Phi) is 5.69. The van der Waals surface area contributed by atoms with Gasteiger partial charge in [0, 0.05) is 15.6 Å². The Morgan fingerprint density at radius 1 is 1.16 bits per heavy atom. The molecule has 3 nitrogen and oxygen atoms in total. The number of rotatable bonds is 4. The fourth-order valence-electron chi connectivity index (χ4n) is 2.33. The van der Waals surface area contributed by atoms with Crippen LogP contribution in [-0.2, 0) is 4.79 Å². The largest absolute Gasteiger partial charge is 0.494 e. The van der Waals surface area contributed by atoms with Gasteiger partial charge in [0.2, 0.25) is 0 Å². The van der Waals surface area contributed by atoms with Gasteiger partial charge in [0.15, 0.2) is 4.32 Å². The van der Waals surface area contributed by atoms with Crippen LogP contribution in [0.3, 0.4) is 0 Å².